The molecule has 0 fully saturated rings. The van der Waals surface area contributed by atoms with E-state index in [0.717, 1.165) is 18.3 Å². The van der Waals surface area contributed by atoms with Gasteiger partial charge in [0, 0.05) is 7.11 Å². The molecule has 0 rings (SSSR count). The fourth-order valence-electron chi connectivity index (χ4n) is 1.98. The number of methoxy groups -OCH3 is 1. The van der Waals surface area contributed by atoms with Crippen LogP contribution in [-0.2, 0) is 4.74 Å². The molecule has 0 N–H and O–H groups in total. The predicted molar refractivity (Wildman–Crippen MR) is 58.9 cm³/mol. The molecule has 1 nitrogen and oxygen atoms in total. The topological polar surface area (TPSA) is 9.23 Å². The maximum Gasteiger partial charge on any atom is 0.0596 e. The van der Waals surface area contributed by atoms with Crippen molar-refractivity contribution in [1.82, 2.24) is 0 Å². The van der Waals surface area contributed by atoms with Crippen LogP contribution in [0.25, 0.3) is 0 Å². The standard InChI is InChI=1S/C12H26O/c1-7-9(3)10(4)11(5)12(8-2)13-6/h9-12H,7-8H2,1-6H3. The number of hydrogen-bond acceptors (Lipinski definition) is 1. The zero-order valence-corrected chi connectivity index (χ0v) is 10.1. The highest BCUT2D eigenvalue weighted by molar-refractivity contribution is 4.73. The average Bonchev–Trinajstić information content (AvgIpc) is 2.17. The average molecular weight is 186 g/mol. The van der Waals surface area contributed by atoms with Crippen molar-refractivity contribution in [3.8, 4) is 0 Å². The van der Waals surface area contributed by atoms with Crippen LogP contribution in [0.3, 0.4) is 0 Å². The Morgan fingerprint density at radius 1 is 0.923 bits per heavy atom. The second kappa shape index (κ2) is 6.42. The Morgan fingerprint density at radius 2 is 1.46 bits per heavy atom. The highest BCUT2D eigenvalue weighted by atomic mass is 16.5. The molecule has 0 saturated heterocycles. The van der Waals surface area contributed by atoms with Gasteiger partial charge in [-0.2, -0.15) is 0 Å². The molecule has 0 aromatic rings. The Bertz CT molecular complexity index is 118. The van der Waals surface area contributed by atoms with Gasteiger partial charge in [-0.1, -0.05) is 41.0 Å². The SMILES string of the molecule is CCC(C)C(C)C(C)C(CC)OC. The molecule has 0 aliphatic carbocycles. The fourth-order valence-corrected chi connectivity index (χ4v) is 1.98. The Kier molecular flexibility index (Phi) is 6.40. The molecule has 0 saturated carbocycles. The first-order chi connectivity index (χ1) is 6.08. The van der Waals surface area contributed by atoms with Crippen LogP contribution in [0, 0.1) is 17.8 Å². The highest BCUT2D eigenvalue weighted by Gasteiger charge is 2.24. The Morgan fingerprint density at radius 3 is 1.77 bits per heavy atom. The lowest BCUT2D eigenvalue weighted by molar-refractivity contribution is 0.0239. The number of ether oxygens (including phenoxy) is 1. The molecule has 13 heavy (non-hydrogen) atoms. The van der Waals surface area contributed by atoms with E-state index < -0.39 is 0 Å². The summed E-state index contributed by atoms with van der Waals surface area (Å²) < 4.78 is 5.48. The monoisotopic (exact) mass is 186 g/mol. The fraction of sp³-hybridized carbons (Fsp3) is 1.00. The zero-order chi connectivity index (χ0) is 10.4. The van der Waals surface area contributed by atoms with Crippen LogP contribution >= 0.6 is 0 Å². The lowest BCUT2D eigenvalue weighted by atomic mass is 9.80. The van der Waals surface area contributed by atoms with Gasteiger partial charge in [-0.25, -0.2) is 0 Å². The van der Waals surface area contributed by atoms with Crippen molar-refractivity contribution >= 4 is 0 Å². The summed E-state index contributed by atoms with van der Waals surface area (Å²) in [5.74, 6) is 2.24. The van der Waals surface area contributed by atoms with Gasteiger partial charge in [0.25, 0.3) is 0 Å². The van der Waals surface area contributed by atoms with Gasteiger partial charge < -0.3 is 4.74 Å². The molecule has 0 aliphatic heterocycles. The van der Waals surface area contributed by atoms with Crippen LogP contribution in [-0.4, -0.2) is 13.2 Å². The summed E-state index contributed by atoms with van der Waals surface area (Å²) in [4.78, 5) is 0. The molecule has 4 unspecified atom stereocenters. The van der Waals surface area contributed by atoms with Crippen molar-refractivity contribution in [1.29, 1.82) is 0 Å². The molecule has 4 atom stereocenters. The van der Waals surface area contributed by atoms with Crippen molar-refractivity contribution in [2.24, 2.45) is 17.8 Å². The molecule has 0 amide bonds. The van der Waals surface area contributed by atoms with E-state index in [9.17, 15) is 0 Å². The molecule has 0 radical (unpaired) electrons. The lowest BCUT2D eigenvalue weighted by Crippen LogP contribution is -2.28. The van der Waals surface area contributed by atoms with Crippen LogP contribution in [0.5, 0.6) is 0 Å². The van der Waals surface area contributed by atoms with Gasteiger partial charge >= 0.3 is 0 Å². The van der Waals surface area contributed by atoms with Crippen LogP contribution in [0.15, 0.2) is 0 Å². The molecule has 0 spiro atoms. The molecular weight excluding hydrogens is 160 g/mol. The summed E-state index contributed by atoms with van der Waals surface area (Å²) in [5, 5.41) is 0. The summed E-state index contributed by atoms with van der Waals surface area (Å²) in [5.41, 5.74) is 0. The van der Waals surface area contributed by atoms with E-state index in [-0.39, 0.29) is 0 Å². The molecule has 0 heterocycles. The van der Waals surface area contributed by atoms with Gasteiger partial charge in [-0.15, -0.1) is 0 Å². The van der Waals surface area contributed by atoms with Gasteiger partial charge in [0.05, 0.1) is 6.10 Å². The van der Waals surface area contributed by atoms with Gasteiger partial charge in [0.15, 0.2) is 0 Å². The third-order valence-electron chi connectivity index (χ3n) is 3.66. The largest absolute Gasteiger partial charge is 0.381 e. The van der Waals surface area contributed by atoms with Gasteiger partial charge in [0.1, 0.15) is 0 Å². The summed E-state index contributed by atoms with van der Waals surface area (Å²) in [6.07, 6.45) is 2.83. The Hall–Kier alpha value is -0.0400. The van der Waals surface area contributed by atoms with Gasteiger partial charge in [0.2, 0.25) is 0 Å². The van der Waals surface area contributed by atoms with E-state index in [1.165, 1.54) is 6.42 Å². The minimum absolute atomic E-state index is 0.434. The molecule has 0 aromatic carbocycles. The van der Waals surface area contributed by atoms with Crippen molar-refractivity contribution in [2.75, 3.05) is 7.11 Å². The minimum atomic E-state index is 0.434. The highest BCUT2D eigenvalue weighted by Crippen LogP contribution is 2.27. The maximum atomic E-state index is 5.48. The molecule has 0 aromatic heterocycles. The van der Waals surface area contributed by atoms with Crippen molar-refractivity contribution in [3.63, 3.8) is 0 Å². The van der Waals surface area contributed by atoms with Gasteiger partial charge in [-0.3, -0.25) is 0 Å². The molecular formula is C12H26O. The summed E-state index contributed by atoms with van der Waals surface area (Å²) >= 11 is 0. The first-order valence-electron chi connectivity index (χ1n) is 5.61. The number of hydrogen-bond donors (Lipinski definition) is 0. The van der Waals surface area contributed by atoms with E-state index >= 15 is 0 Å². The summed E-state index contributed by atoms with van der Waals surface area (Å²) in [7, 11) is 1.83. The van der Waals surface area contributed by atoms with E-state index in [0.29, 0.717) is 12.0 Å². The van der Waals surface area contributed by atoms with Crippen molar-refractivity contribution < 1.29 is 4.74 Å². The number of rotatable bonds is 6. The lowest BCUT2D eigenvalue weighted by Gasteiger charge is -2.30. The zero-order valence-electron chi connectivity index (χ0n) is 10.1. The summed E-state index contributed by atoms with van der Waals surface area (Å²) in [6.45, 7) is 11.5. The van der Waals surface area contributed by atoms with E-state index in [2.05, 4.69) is 34.6 Å². The quantitative estimate of drug-likeness (QED) is 0.614. The molecule has 80 valence electrons. The van der Waals surface area contributed by atoms with E-state index in [1.807, 2.05) is 7.11 Å². The van der Waals surface area contributed by atoms with Crippen molar-refractivity contribution in [2.45, 2.75) is 53.6 Å². The summed E-state index contributed by atoms with van der Waals surface area (Å²) in [6, 6.07) is 0. The second-order valence-electron chi connectivity index (χ2n) is 4.29. The first-order valence-corrected chi connectivity index (χ1v) is 5.61. The molecule has 0 aliphatic rings. The smallest absolute Gasteiger partial charge is 0.0596 e. The third kappa shape index (κ3) is 3.68. The van der Waals surface area contributed by atoms with Crippen LogP contribution < -0.4 is 0 Å². The predicted octanol–water partition coefficient (Wildman–Crippen LogP) is 3.73. The first kappa shape index (κ1) is 13.0. The van der Waals surface area contributed by atoms with E-state index in [4.69, 9.17) is 4.74 Å². The molecule has 1 heteroatoms. The van der Waals surface area contributed by atoms with Crippen LogP contribution in [0.1, 0.15) is 47.5 Å². The molecule has 0 bridgehead atoms. The van der Waals surface area contributed by atoms with E-state index in [1.54, 1.807) is 0 Å². The third-order valence-corrected chi connectivity index (χ3v) is 3.66. The Labute approximate surface area is 83.9 Å². The van der Waals surface area contributed by atoms with Crippen LogP contribution in [0.4, 0.5) is 0 Å². The second-order valence-corrected chi connectivity index (χ2v) is 4.29. The minimum Gasteiger partial charge on any atom is -0.381 e. The normalized spacial score (nSPS) is 20.8. The van der Waals surface area contributed by atoms with Gasteiger partial charge in [-0.05, 0) is 24.2 Å². The Balaban J connectivity index is 4.13. The maximum absolute atomic E-state index is 5.48. The van der Waals surface area contributed by atoms with Crippen molar-refractivity contribution in [3.05, 3.63) is 0 Å². The van der Waals surface area contributed by atoms with Crippen LogP contribution in [0.2, 0.25) is 0 Å².